The van der Waals surface area contributed by atoms with Crippen LogP contribution in [0.4, 0.5) is 4.39 Å². The zero-order valence-electron chi connectivity index (χ0n) is 10.3. The molecule has 1 aromatic carbocycles. The SMILES string of the molecule is Fc1cccc(Cl)c1CNC1CCN(C2CC2)C1. The van der Waals surface area contributed by atoms with Gasteiger partial charge in [0.2, 0.25) is 0 Å². The Labute approximate surface area is 112 Å². The van der Waals surface area contributed by atoms with Crippen molar-refractivity contribution in [1.29, 1.82) is 0 Å². The molecule has 0 aromatic heterocycles. The lowest BCUT2D eigenvalue weighted by molar-refractivity contribution is 0.317. The lowest BCUT2D eigenvalue weighted by atomic mass is 10.2. The van der Waals surface area contributed by atoms with Gasteiger partial charge in [0.25, 0.3) is 0 Å². The van der Waals surface area contributed by atoms with E-state index in [1.54, 1.807) is 12.1 Å². The first kappa shape index (κ1) is 12.4. The van der Waals surface area contributed by atoms with Crippen LogP contribution in [-0.2, 0) is 6.54 Å². The van der Waals surface area contributed by atoms with Gasteiger partial charge in [0.1, 0.15) is 5.82 Å². The molecule has 1 heterocycles. The summed E-state index contributed by atoms with van der Waals surface area (Å²) in [5.41, 5.74) is 0.587. The van der Waals surface area contributed by atoms with Crippen molar-refractivity contribution in [3.05, 3.63) is 34.6 Å². The van der Waals surface area contributed by atoms with Gasteiger partial charge in [-0.2, -0.15) is 0 Å². The van der Waals surface area contributed by atoms with E-state index >= 15 is 0 Å². The first-order valence-corrected chi connectivity index (χ1v) is 7.02. The van der Waals surface area contributed by atoms with Crippen LogP contribution in [0, 0.1) is 5.82 Å². The summed E-state index contributed by atoms with van der Waals surface area (Å²) >= 11 is 6.01. The summed E-state index contributed by atoms with van der Waals surface area (Å²) in [7, 11) is 0. The number of rotatable bonds is 4. The van der Waals surface area contributed by atoms with Gasteiger partial charge in [0.15, 0.2) is 0 Å². The summed E-state index contributed by atoms with van der Waals surface area (Å²) < 4.78 is 13.6. The molecule has 1 N–H and O–H groups in total. The highest BCUT2D eigenvalue weighted by Gasteiger charge is 2.34. The average Bonchev–Trinajstić information content (AvgIpc) is 3.09. The van der Waals surface area contributed by atoms with E-state index in [4.69, 9.17) is 11.6 Å². The Balaban J connectivity index is 1.55. The summed E-state index contributed by atoms with van der Waals surface area (Å²) in [6, 6.07) is 6.15. The smallest absolute Gasteiger partial charge is 0.129 e. The van der Waals surface area contributed by atoms with Crippen molar-refractivity contribution in [3.8, 4) is 0 Å². The summed E-state index contributed by atoms with van der Waals surface area (Å²) in [6.07, 6.45) is 3.86. The first-order chi connectivity index (χ1) is 8.74. The van der Waals surface area contributed by atoms with Gasteiger partial charge in [-0.05, 0) is 31.4 Å². The molecule has 1 aliphatic carbocycles. The normalized spacial score (nSPS) is 24.7. The molecule has 1 aromatic rings. The maximum absolute atomic E-state index is 13.6. The molecule has 2 nitrogen and oxygen atoms in total. The molecule has 98 valence electrons. The van der Waals surface area contributed by atoms with Gasteiger partial charge >= 0.3 is 0 Å². The van der Waals surface area contributed by atoms with E-state index in [-0.39, 0.29) is 5.82 Å². The largest absolute Gasteiger partial charge is 0.308 e. The summed E-state index contributed by atoms with van der Waals surface area (Å²) in [5.74, 6) is -0.216. The van der Waals surface area contributed by atoms with Crippen LogP contribution in [0.2, 0.25) is 5.02 Å². The fourth-order valence-corrected chi connectivity index (χ4v) is 2.90. The quantitative estimate of drug-likeness (QED) is 0.903. The molecular formula is C14H18ClFN2. The zero-order valence-corrected chi connectivity index (χ0v) is 11.1. The predicted octanol–water partition coefficient (Wildman–Crippen LogP) is 2.81. The Morgan fingerprint density at radius 3 is 2.89 bits per heavy atom. The third-order valence-corrected chi connectivity index (χ3v) is 4.27. The van der Waals surface area contributed by atoms with E-state index < -0.39 is 0 Å². The van der Waals surface area contributed by atoms with Crippen molar-refractivity contribution in [2.24, 2.45) is 0 Å². The van der Waals surface area contributed by atoms with E-state index in [0.717, 1.165) is 19.0 Å². The number of hydrogen-bond donors (Lipinski definition) is 1. The fourth-order valence-electron chi connectivity index (χ4n) is 2.67. The number of hydrogen-bond acceptors (Lipinski definition) is 2. The number of benzene rings is 1. The Morgan fingerprint density at radius 2 is 2.17 bits per heavy atom. The van der Waals surface area contributed by atoms with Gasteiger partial charge < -0.3 is 5.32 Å². The lowest BCUT2D eigenvalue weighted by Gasteiger charge is -2.16. The topological polar surface area (TPSA) is 15.3 Å². The lowest BCUT2D eigenvalue weighted by Crippen LogP contribution is -2.33. The minimum Gasteiger partial charge on any atom is -0.308 e. The Kier molecular flexibility index (Phi) is 3.55. The minimum absolute atomic E-state index is 0.216. The fraction of sp³-hybridized carbons (Fsp3) is 0.571. The molecule has 0 amide bonds. The molecule has 4 heteroatoms. The van der Waals surface area contributed by atoms with Gasteiger partial charge in [0.05, 0.1) is 0 Å². The van der Waals surface area contributed by atoms with Gasteiger partial charge in [-0.3, -0.25) is 4.90 Å². The summed E-state index contributed by atoms with van der Waals surface area (Å²) in [6.45, 7) is 2.79. The summed E-state index contributed by atoms with van der Waals surface area (Å²) in [4.78, 5) is 2.54. The Bertz CT molecular complexity index is 414. The molecule has 1 unspecified atom stereocenters. The van der Waals surface area contributed by atoms with E-state index in [2.05, 4.69) is 10.2 Å². The second-order valence-electron chi connectivity index (χ2n) is 5.29. The van der Waals surface area contributed by atoms with Crippen LogP contribution in [0.15, 0.2) is 18.2 Å². The molecular weight excluding hydrogens is 251 g/mol. The van der Waals surface area contributed by atoms with Gasteiger partial charge in [-0.25, -0.2) is 4.39 Å². The highest BCUT2D eigenvalue weighted by atomic mass is 35.5. The van der Waals surface area contributed by atoms with Crippen LogP contribution in [0.3, 0.4) is 0 Å². The number of nitrogens with zero attached hydrogens (tertiary/aromatic N) is 1. The number of likely N-dealkylation sites (tertiary alicyclic amines) is 1. The van der Waals surface area contributed by atoms with Crippen LogP contribution in [0.25, 0.3) is 0 Å². The van der Waals surface area contributed by atoms with Crippen molar-refractivity contribution in [3.63, 3.8) is 0 Å². The molecule has 2 fully saturated rings. The van der Waals surface area contributed by atoms with Crippen LogP contribution >= 0.6 is 11.6 Å². The second kappa shape index (κ2) is 5.16. The molecule has 0 radical (unpaired) electrons. The van der Waals surface area contributed by atoms with Crippen LogP contribution in [0.1, 0.15) is 24.8 Å². The van der Waals surface area contributed by atoms with Crippen molar-refractivity contribution in [1.82, 2.24) is 10.2 Å². The van der Waals surface area contributed by atoms with Gasteiger partial charge in [-0.1, -0.05) is 17.7 Å². The maximum atomic E-state index is 13.6. The van der Waals surface area contributed by atoms with Gasteiger partial charge in [-0.15, -0.1) is 0 Å². The maximum Gasteiger partial charge on any atom is 0.129 e. The van der Waals surface area contributed by atoms with Crippen molar-refractivity contribution < 1.29 is 4.39 Å². The highest BCUT2D eigenvalue weighted by Crippen LogP contribution is 2.30. The van der Waals surface area contributed by atoms with E-state index in [9.17, 15) is 4.39 Å². The van der Waals surface area contributed by atoms with Crippen molar-refractivity contribution >= 4 is 11.6 Å². The predicted molar refractivity (Wildman–Crippen MR) is 71.2 cm³/mol. The monoisotopic (exact) mass is 268 g/mol. The standard InChI is InChI=1S/C14H18ClFN2/c15-13-2-1-3-14(16)12(13)8-17-10-6-7-18(9-10)11-4-5-11/h1-3,10-11,17H,4-9H2. The third-order valence-electron chi connectivity index (χ3n) is 3.91. The van der Waals surface area contributed by atoms with Crippen LogP contribution in [0.5, 0.6) is 0 Å². The van der Waals surface area contributed by atoms with E-state index in [0.29, 0.717) is 23.2 Å². The average molecular weight is 269 g/mol. The molecule has 1 saturated carbocycles. The number of nitrogens with one attached hydrogen (secondary N) is 1. The van der Waals surface area contributed by atoms with Crippen molar-refractivity contribution in [2.75, 3.05) is 13.1 Å². The molecule has 1 saturated heterocycles. The summed E-state index contributed by atoms with van der Waals surface area (Å²) in [5, 5.41) is 3.94. The van der Waals surface area contributed by atoms with Gasteiger partial charge in [0, 0.05) is 42.3 Å². The molecule has 1 aliphatic heterocycles. The number of halogens is 2. The van der Waals surface area contributed by atoms with E-state index in [1.165, 1.54) is 25.5 Å². The second-order valence-corrected chi connectivity index (χ2v) is 5.70. The Morgan fingerprint density at radius 1 is 1.33 bits per heavy atom. The molecule has 3 rings (SSSR count). The molecule has 1 atom stereocenters. The van der Waals surface area contributed by atoms with Crippen LogP contribution < -0.4 is 5.32 Å². The Hall–Kier alpha value is -0.640. The highest BCUT2D eigenvalue weighted by molar-refractivity contribution is 6.31. The zero-order chi connectivity index (χ0) is 12.5. The van der Waals surface area contributed by atoms with Crippen molar-refractivity contribution in [2.45, 2.75) is 37.9 Å². The molecule has 2 aliphatic rings. The molecule has 0 bridgehead atoms. The first-order valence-electron chi connectivity index (χ1n) is 6.64. The van der Waals surface area contributed by atoms with E-state index in [1.807, 2.05) is 0 Å². The molecule has 0 spiro atoms. The molecule has 18 heavy (non-hydrogen) atoms. The minimum atomic E-state index is -0.216. The third kappa shape index (κ3) is 2.68. The van der Waals surface area contributed by atoms with Crippen LogP contribution in [-0.4, -0.2) is 30.1 Å².